The quantitative estimate of drug-likeness (QED) is 0.660. The summed E-state index contributed by atoms with van der Waals surface area (Å²) in [5.41, 5.74) is 0. The summed E-state index contributed by atoms with van der Waals surface area (Å²) in [6.07, 6.45) is 5.00. The van der Waals surface area contributed by atoms with Crippen molar-refractivity contribution in [2.45, 2.75) is 51.6 Å². The van der Waals surface area contributed by atoms with Crippen molar-refractivity contribution in [2.24, 2.45) is 0 Å². The van der Waals surface area contributed by atoms with Crippen molar-refractivity contribution < 1.29 is 4.79 Å². The first-order valence-corrected chi connectivity index (χ1v) is 5.96. The molecule has 0 saturated carbocycles. The molecular formula is C11H23N3O. The lowest BCUT2D eigenvalue weighted by Gasteiger charge is -2.17. The lowest BCUT2D eigenvalue weighted by molar-refractivity contribution is 0.237. The highest BCUT2D eigenvalue weighted by Crippen LogP contribution is 2.07. The van der Waals surface area contributed by atoms with E-state index in [9.17, 15) is 4.79 Å². The molecule has 2 amide bonds. The van der Waals surface area contributed by atoms with E-state index in [2.05, 4.69) is 16.0 Å². The highest BCUT2D eigenvalue weighted by molar-refractivity contribution is 5.74. The zero-order chi connectivity index (χ0) is 11.1. The molecular weight excluding hydrogens is 190 g/mol. The monoisotopic (exact) mass is 213 g/mol. The predicted molar refractivity (Wildman–Crippen MR) is 61.9 cm³/mol. The van der Waals surface area contributed by atoms with Gasteiger partial charge in [0.1, 0.15) is 0 Å². The smallest absolute Gasteiger partial charge is 0.315 e. The first-order chi connectivity index (χ1) is 7.18. The number of hydrogen-bond acceptors (Lipinski definition) is 2. The van der Waals surface area contributed by atoms with Crippen molar-refractivity contribution in [1.29, 1.82) is 0 Å². The van der Waals surface area contributed by atoms with Crippen LogP contribution in [0.25, 0.3) is 0 Å². The summed E-state index contributed by atoms with van der Waals surface area (Å²) in [5.74, 6) is 0. The second kappa shape index (κ2) is 6.67. The van der Waals surface area contributed by atoms with Gasteiger partial charge in [0, 0.05) is 18.6 Å². The summed E-state index contributed by atoms with van der Waals surface area (Å²) in [5, 5.41) is 9.17. The average Bonchev–Trinajstić information content (AvgIpc) is 2.41. The maximum absolute atomic E-state index is 11.3. The van der Waals surface area contributed by atoms with Gasteiger partial charge in [-0.25, -0.2) is 4.79 Å². The Morgan fingerprint density at radius 2 is 2.20 bits per heavy atom. The molecule has 1 rings (SSSR count). The minimum atomic E-state index is -0.0592. The molecule has 1 atom stereocenters. The highest BCUT2D eigenvalue weighted by atomic mass is 16.2. The lowest BCUT2D eigenvalue weighted by atomic mass is 10.1. The third-order valence-electron chi connectivity index (χ3n) is 2.59. The van der Waals surface area contributed by atoms with Gasteiger partial charge < -0.3 is 16.0 Å². The third kappa shape index (κ3) is 5.62. The lowest BCUT2D eigenvalue weighted by Crippen LogP contribution is -2.45. The molecule has 1 aliphatic rings. The molecule has 4 heteroatoms. The molecule has 0 aromatic rings. The number of amides is 2. The fourth-order valence-corrected chi connectivity index (χ4v) is 1.80. The second-order valence-corrected chi connectivity index (χ2v) is 4.51. The van der Waals surface area contributed by atoms with E-state index in [1.54, 1.807) is 0 Å². The van der Waals surface area contributed by atoms with E-state index in [1.807, 2.05) is 13.8 Å². The van der Waals surface area contributed by atoms with E-state index in [1.165, 1.54) is 25.7 Å². The largest absolute Gasteiger partial charge is 0.337 e. The van der Waals surface area contributed by atoms with Crippen molar-refractivity contribution in [3.63, 3.8) is 0 Å². The molecule has 0 radical (unpaired) electrons. The van der Waals surface area contributed by atoms with E-state index in [4.69, 9.17) is 0 Å². The van der Waals surface area contributed by atoms with Crippen LogP contribution in [0.4, 0.5) is 4.79 Å². The zero-order valence-electron chi connectivity index (χ0n) is 9.81. The van der Waals surface area contributed by atoms with Gasteiger partial charge in [0.2, 0.25) is 0 Å². The fraction of sp³-hybridized carbons (Fsp3) is 0.909. The minimum Gasteiger partial charge on any atom is -0.337 e. The Bertz CT molecular complexity index is 186. The van der Waals surface area contributed by atoms with Gasteiger partial charge in [-0.1, -0.05) is 12.8 Å². The standard InChI is InChI=1S/C11H23N3O/c1-9(2)14-11(15)13-8-10-6-4-3-5-7-12-10/h9-10,12H,3-8H2,1-2H3,(H2,13,14,15). The second-order valence-electron chi connectivity index (χ2n) is 4.51. The fourth-order valence-electron chi connectivity index (χ4n) is 1.80. The summed E-state index contributed by atoms with van der Waals surface area (Å²) >= 11 is 0. The van der Waals surface area contributed by atoms with Crippen molar-refractivity contribution in [3.8, 4) is 0 Å². The molecule has 1 fully saturated rings. The van der Waals surface area contributed by atoms with Crippen molar-refractivity contribution in [1.82, 2.24) is 16.0 Å². The number of rotatable bonds is 3. The zero-order valence-corrected chi connectivity index (χ0v) is 9.81. The number of urea groups is 1. The van der Waals surface area contributed by atoms with Crippen LogP contribution in [0.15, 0.2) is 0 Å². The van der Waals surface area contributed by atoms with Gasteiger partial charge >= 0.3 is 6.03 Å². The van der Waals surface area contributed by atoms with Crippen LogP contribution in [0.2, 0.25) is 0 Å². The Morgan fingerprint density at radius 3 is 2.93 bits per heavy atom. The Labute approximate surface area is 92.2 Å². The molecule has 15 heavy (non-hydrogen) atoms. The van der Waals surface area contributed by atoms with Crippen LogP contribution in [0.3, 0.4) is 0 Å². The van der Waals surface area contributed by atoms with Crippen molar-refractivity contribution in [3.05, 3.63) is 0 Å². The summed E-state index contributed by atoms with van der Waals surface area (Å²) in [6.45, 7) is 5.74. The molecule has 3 N–H and O–H groups in total. The Hall–Kier alpha value is -0.770. The number of carbonyl (C=O) groups is 1. The van der Waals surface area contributed by atoms with Crippen LogP contribution in [-0.4, -0.2) is 31.2 Å². The van der Waals surface area contributed by atoms with Crippen LogP contribution in [0.1, 0.15) is 39.5 Å². The summed E-state index contributed by atoms with van der Waals surface area (Å²) in [4.78, 5) is 11.3. The normalized spacial score (nSPS) is 22.2. The maximum Gasteiger partial charge on any atom is 0.315 e. The summed E-state index contributed by atoms with van der Waals surface area (Å²) in [7, 11) is 0. The van der Waals surface area contributed by atoms with E-state index >= 15 is 0 Å². The van der Waals surface area contributed by atoms with Gasteiger partial charge in [-0.15, -0.1) is 0 Å². The van der Waals surface area contributed by atoms with E-state index in [0.29, 0.717) is 6.04 Å². The van der Waals surface area contributed by atoms with E-state index in [0.717, 1.165) is 13.1 Å². The summed E-state index contributed by atoms with van der Waals surface area (Å²) < 4.78 is 0. The number of nitrogens with one attached hydrogen (secondary N) is 3. The third-order valence-corrected chi connectivity index (χ3v) is 2.59. The molecule has 0 aromatic carbocycles. The first kappa shape index (κ1) is 12.3. The first-order valence-electron chi connectivity index (χ1n) is 5.96. The van der Waals surface area contributed by atoms with Crippen LogP contribution in [0, 0.1) is 0 Å². The Balaban J connectivity index is 2.14. The molecule has 0 aromatic heterocycles. The van der Waals surface area contributed by atoms with Crippen molar-refractivity contribution in [2.75, 3.05) is 13.1 Å². The minimum absolute atomic E-state index is 0.0592. The Kier molecular flexibility index (Phi) is 5.47. The van der Waals surface area contributed by atoms with Crippen LogP contribution in [0.5, 0.6) is 0 Å². The number of hydrogen-bond donors (Lipinski definition) is 3. The van der Waals surface area contributed by atoms with Gasteiger partial charge in [0.25, 0.3) is 0 Å². The topological polar surface area (TPSA) is 53.2 Å². The number of carbonyl (C=O) groups excluding carboxylic acids is 1. The molecule has 0 bridgehead atoms. The molecule has 1 unspecified atom stereocenters. The molecule has 0 spiro atoms. The van der Waals surface area contributed by atoms with Gasteiger partial charge in [-0.2, -0.15) is 0 Å². The maximum atomic E-state index is 11.3. The molecule has 88 valence electrons. The average molecular weight is 213 g/mol. The van der Waals surface area contributed by atoms with Gasteiger partial charge in [-0.3, -0.25) is 0 Å². The van der Waals surface area contributed by atoms with E-state index < -0.39 is 0 Å². The van der Waals surface area contributed by atoms with Crippen LogP contribution >= 0.6 is 0 Å². The summed E-state index contributed by atoms with van der Waals surface area (Å²) in [6, 6.07) is 0.591. The molecule has 4 nitrogen and oxygen atoms in total. The van der Waals surface area contributed by atoms with Gasteiger partial charge in [0.15, 0.2) is 0 Å². The predicted octanol–water partition coefficient (Wildman–Crippen LogP) is 1.23. The molecule has 0 aliphatic carbocycles. The van der Waals surface area contributed by atoms with Crippen LogP contribution < -0.4 is 16.0 Å². The van der Waals surface area contributed by atoms with Crippen LogP contribution in [-0.2, 0) is 0 Å². The Morgan fingerprint density at radius 1 is 1.40 bits per heavy atom. The molecule has 1 saturated heterocycles. The SMILES string of the molecule is CC(C)NC(=O)NCC1CCCCCN1. The highest BCUT2D eigenvalue weighted by Gasteiger charge is 2.12. The van der Waals surface area contributed by atoms with Gasteiger partial charge in [0.05, 0.1) is 0 Å². The molecule has 1 heterocycles. The van der Waals surface area contributed by atoms with Crippen molar-refractivity contribution >= 4 is 6.03 Å². The van der Waals surface area contributed by atoms with Gasteiger partial charge in [-0.05, 0) is 33.2 Å². The molecule has 1 aliphatic heterocycles. The van der Waals surface area contributed by atoms with E-state index in [-0.39, 0.29) is 12.1 Å².